The van der Waals surface area contributed by atoms with E-state index >= 15 is 0 Å². The molecule has 0 bridgehead atoms. The summed E-state index contributed by atoms with van der Waals surface area (Å²) in [5, 5.41) is 13.8. The lowest BCUT2D eigenvalue weighted by molar-refractivity contribution is -0.281. The van der Waals surface area contributed by atoms with E-state index in [2.05, 4.69) is 34.3 Å². The molecule has 0 amide bonds. The van der Waals surface area contributed by atoms with Crippen LogP contribution in [0.3, 0.4) is 0 Å². The fourth-order valence-corrected chi connectivity index (χ4v) is 2.83. The van der Waals surface area contributed by atoms with Gasteiger partial charge in [-0.05, 0) is 66.2 Å². The van der Waals surface area contributed by atoms with Gasteiger partial charge in [-0.3, -0.25) is 0 Å². The maximum atomic E-state index is 11.9. The number of hydroxylamine groups is 2. The van der Waals surface area contributed by atoms with E-state index < -0.39 is 0 Å². The topological polar surface area (TPSA) is 32.4 Å². The minimum Gasteiger partial charge on any atom is -0.363 e. The predicted molar refractivity (Wildman–Crippen MR) is 77.8 cm³/mol. The van der Waals surface area contributed by atoms with E-state index in [1.165, 1.54) is 6.42 Å². The Kier molecular flexibility index (Phi) is 5.48. The van der Waals surface area contributed by atoms with Crippen LogP contribution in [0.2, 0.25) is 0 Å². The molecule has 3 heteroatoms. The van der Waals surface area contributed by atoms with E-state index in [-0.39, 0.29) is 17.0 Å². The molecule has 1 fully saturated rings. The lowest BCUT2D eigenvalue weighted by atomic mass is 9.82. The Balaban J connectivity index is 2.63. The van der Waals surface area contributed by atoms with Crippen LogP contribution < -0.4 is 0 Å². The van der Waals surface area contributed by atoms with Gasteiger partial charge in [-0.25, -0.2) is 5.11 Å². The van der Waals surface area contributed by atoms with Gasteiger partial charge in [0.2, 0.25) is 0 Å². The number of rotatable bonds is 6. The van der Waals surface area contributed by atoms with Gasteiger partial charge in [0.05, 0.1) is 11.1 Å². The summed E-state index contributed by atoms with van der Waals surface area (Å²) in [6, 6.07) is 0. The molecule has 109 valence electrons. The lowest BCUT2D eigenvalue weighted by Gasteiger charge is -2.50. The van der Waals surface area contributed by atoms with Crippen LogP contribution >= 0.6 is 0 Å². The summed E-state index contributed by atoms with van der Waals surface area (Å²) in [7, 11) is 0. The third kappa shape index (κ3) is 4.57. The molecule has 0 aromatic rings. The maximum Gasteiger partial charge on any atom is 0.345 e. The second-order valence-electron chi connectivity index (χ2n) is 6.61. The van der Waals surface area contributed by atoms with Crippen LogP contribution in [0.1, 0.15) is 66.2 Å². The van der Waals surface area contributed by atoms with Gasteiger partial charge in [0.1, 0.15) is 0 Å². The van der Waals surface area contributed by atoms with E-state index in [0.717, 1.165) is 32.1 Å². The molecule has 0 N–H and O–H groups in total. The Bertz CT molecular complexity index is 316. The Morgan fingerprint density at radius 3 is 2.32 bits per heavy atom. The van der Waals surface area contributed by atoms with Crippen LogP contribution in [-0.2, 0) is 9.94 Å². The average molecular weight is 266 g/mol. The van der Waals surface area contributed by atoms with Gasteiger partial charge in [0.25, 0.3) is 0 Å². The number of piperidine rings is 1. The van der Waals surface area contributed by atoms with Crippen molar-refractivity contribution in [1.82, 2.24) is 5.06 Å². The van der Waals surface area contributed by atoms with Crippen molar-refractivity contribution in [2.24, 2.45) is 0 Å². The lowest BCUT2D eigenvalue weighted by Crippen LogP contribution is -2.57. The summed E-state index contributed by atoms with van der Waals surface area (Å²) in [5.41, 5.74) is -0.182. The van der Waals surface area contributed by atoms with E-state index in [4.69, 9.17) is 4.84 Å². The van der Waals surface area contributed by atoms with Gasteiger partial charge < -0.3 is 4.84 Å². The monoisotopic (exact) mass is 266 g/mol. The Morgan fingerprint density at radius 2 is 1.79 bits per heavy atom. The van der Waals surface area contributed by atoms with Gasteiger partial charge in [-0.2, -0.15) is 0 Å². The molecule has 0 unspecified atom stereocenters. The van der Waals surface area contributed by atoms with E-state index in [9.17, 15) is 5.11 Å². The first-order valence-corrected chi connectivity index (χ1v) is 7.26. The highest BCUT2D eigenvalue weighted by Crippen LogP contribution is 2.39. The first-order chi connectivity index (χ1) is 8.79. The highest BCUT2D eigenvalue weighted by Gasteiger charge is 2.44. The standard InChI is InChI=1S/C16H28NO2/c1-6-7-8-9-11-14(18)19-17-15(2,3)12-10-13-16(17,4)5/h6,11H,1,7-10,12-13H2,2-5H3. The minimum atomic E-state index is -0.230. The van der Waals surface area contributed by atoms with E-state index in [1.807, 2.05) is 11.1 Å². The van der Waals surface area contributed by atoms with Gasteiger partial charge in [0.15, 0.2) is 0 Å². The summed E-state index contributed by atoms with van der Waals surface area (Å²) in [4.78, 5) is 5.62. The third-order valence-corrected chi connectivity index (χ3v) is 3.78. The molecule has 0 aromatic carbocycles. The molecular weight excluding hydrogens is 238 g/mol. The predicted octanol–water partition coefficient (Wildman–Crippen LogP) is 4.59. The zero-order chi connectivity index (χ0) is 14.5. The van der Waals surface area contributed by atoms with Crippen molar-refractivity contribution in [2.45, 2.75) is 77.3 Å². The second kappa shape index (κ2) is 6.47. The fraction of sp³-hybridized carbons (Fsp3) is 0.750. The maximum absolute atomic E-state index is 11.9. The average Bonchev–Trinajstić information content (AvgIpc) is 2.29. The highest BCUT2D eigenvalue weighted by molar-refractivity contribution is 4.94. The second-order valence-corrected chi connectivity index (χ2v) is 6.61. The third-order valence-electron chi connectivity index (χ3n) is 3.78. The molecule has 0 saturated carbocycles. The smallest absolute Gasteiger partial charge is 0.345 e. The molecule has 3 nitrogen and oxygen atoms in total. The molecule has 0 aliphatic carbocycles. The fourth-order valence-electron chi connectivity index (χ4n) is 2.83. The van der Waals surface area contributed by atoms with Crippen molar-refractivity contribution in [3.63, 3.8) is 0 Å². The minimum absolute atomic E-state index is 0.0909. The molecule has 0 spiro atoms. The van der Waals surface area contributed by atoms with Crippen molar-refractivity contribution in [3.05, 3.63) is 24.7 Å². The SMILES string of the molecule is C=CCCCC=C([O])ON1C(C)(C)CCCC1(C)C. The van der Waals surface area contributed by atoms with E-state index in [0.29, 0.717) is 0 Å². The molecule has 1 rings (SSSR count). The van der Waals surface area contributed by atoms with Gasteiger partial charge in [-0.1, -0.05) is 6.08 Å². The molecule has 1 heterocycles. The number of nitrogens with zero attached hydrogens (tertiary/aromatic N) is 1. The number of hydrogen-bond donors (Lipinski definition) is 0. The molecule has 19 heavy (non-hydrogen) atoms. The molecule has 1 aliphatic heterocycles. The quantitative estimate of drug-likeness (QED) is 0.400. The van der Waals surface area contributed by atoms with Gasteiger partial charge in [-0.15, -0.1) is 11.6 Å². The molecule has 0 aromatic heterocycles. The molecule has 0 atom stereocenters. The van der Waals surface area contributed by atoms with Gasteiger partial charge >= 0.3 is 5.95 Å². The Hall–Kier alpha value is -0.960. The summed E-state index contributed by atoms with van der Waals surface area (Å²) < 4.78 is 0. The normalized spacial score (nSPS) is 23.1. The summed E-state index contributed by atoms with van der Waals surface area (Å²) >= 11 is 0. The Morgan fingerprint density at radius 1 is 1.21 bits per heavy atom. The van der Waals surface area contributed by atoms with Crippen molar-refractivity contribution in [1.29, 1.82) is 0 Å². The summed E-state index contributed by atoms with van der Waals surface area (Å²) in [6.07, 6.45) is 9.44. The molecule has 1 radical (unpaired) electrons. The first kappa shape index (κ1) is 16.1. The van der Waals surface area contributed by atoms with Crippen LogP contribution in [-0.4, -0.2) is 16.1 Å². The molecular formula is C16H28NO2. The van der Waals surface area contributed by atoms with Crippen LogP contribution in [0.25, 0.3) is 0 Å². The van der Waals surface area contributed by atoms with Crippen molar-refractivity contribution in [3.8, 4) is 0 Å². The Labute approximate surface area is 117 Å². The van der Waals surface area contributed by atoms with E-state index in [1.54, 1.807) is 6.08 Å². The van der Waals surface area contributed by atoms with Crippen molar-refractivity contribution >= 4 is 0 Å². The van der Waals surface area contributed by atoms with Crippen LogP contribution in [0.4, 0.5) is 0 Å². The first-order valence-electron chi connectivity index (χ1n) is 7.26. The largest absolute Gasteiger partial charge is 0.363 e. The summed E-state index contributed by atoms with van der Waals surface area (Å²) in [5.74, 6) is -0.230. The van der Waals surface area contributed by atoms with Crippen LogP contribution in [0.5, 0.6) is 0 Å². The zero-order valence-corrected chi connectivity index (χ0v) is 12.9. The summed E-state index contributed by atoms with van der Waals surface area (Å²) in [6.45, 7) is 12.2. The van der Waals surface area contributed by atoms with Crippen LogP contribution in [0.15, 0.2) is 24.7 Å². The van der Waals surface area contributed by atoms with Gasteiger partial charge in [0, 0.05) is 6.08 Å². The van der Waals surface area contributed by atoms with Crippen molar-refractivity contribution < 1.29 is 9.94 Å². The molecule has 1 aliphatic rings. The number of hydrogen-bond acceptors (Lipinski definition) is 2. The molecule has 1 saturated heterocycles. The zero-order valence-electron chi connectivity index (χ0n) is 12.9. The highest BCUT2D eigenvalue weighted by atomic mass is 16.7. The number of unbranched alkanes of at least 4 members (excludes halogenated alkanes) is 2. The van der Waals surface area contributed by atoms with Crippen molar-refractivity contribution in [2.75, 3.05) is 0 Å². The van der Waals surface area contributed by atoms with Crippen LogP contribution in [0, 0.1) is 0 Å². The number of allylic oxidation sites excluding steroid dienone is 2.